The predicted molar refractivity (Wildman–Crippen MR) is 117 cm³/mol. The van der Waals surface area contributed by atoms with Crippen LogP contribution in [0.3, 0.4) is 0 Å². The van der Waals surface area contributed by atoms with E-state index in [1.807, 2.05) is 42.5 Å². The van der Waals surface area contributed by atoms with E-state index in [-0.39, 0.29) is 12.3 Å². The van der Waals surface area contributed by atoms with Crippen LogP contribution in [0, 0.1) is 0 Å². The second kappa shape index (κ2) is 10.6. The second-order valence-electron chi connectivity index (χ2n) is 7.78. The molecule has 0 aliphatic rings. The van der Waals surface area contributed by atoms with Crippen LogP contribution < -0.4 is 4.74 Å². The first-order chi connectivity index (χ1) is 14.5. The highest BCUT2D eigenvalue weighted by Gasteiger charge is 2.20. The Morgan fingerprint density at radius 3 is 2.43 bits per heavy atom. The van der Waals surface area contributed by atoms with Crippen molar-refractivity contribution < 1.29 is 19.2 Å². The highest BCUT2D eigenvalue weighted by Crippen LogP contribution is 2.31. The van der Waals surface area contributed by atoms with Crippen molar-refractivity contribution in [3.8, 4) is 17.0 Å². The fourth-order valence-corrected chi connectivity index (χ4v) is 3.43. The largest absolute Gasteiger partial charge is 0.489 e. The number of aromatic nitrogens is 1. The summed E-state index contributed by atoms with van der Waals surface area (Å²) in [5, 5.41) is 13.0. The third kappa shape index (κ3) is 5.96. The lowest BCUT2D eigenvalue weighted by Gasteiger charge is -2.10. The molecule has 1 N–H and O–H groups in total. The molecular weight excluding hydrogens is 378 g/mol. The zero-order valence-corrected chi connectivity index (χ0v) is 17.6. The number of aryl methyl sites for hydroxylation is 1. The van der Waals surface area contributed by atoms with Crippen LogP contribution in [0.15, 0.2) is 59.1 Å². The molecule has 1 heterocycles. The average Bonchev–Trinajstić information content (AvgIpc) is 3.17. The van der Waals surface area contributed by atoms with Crippen molar-refractivity contribution in [2.45, 2.75) is 58.5 Å². The number of carboxylic acid groups (broad SMARTS) is 1. The smallest absolute Gasteiger partial charge is 0.303 e. The minimum absolute atomic E-state index is 0.220. The molecule has 30 heavy (non-hydrogen) atoms. The summed E-state index contributed by atoms with van der Waals surface area (Å²) in [5.41, 5.74) is 4.07. The van der Waals surface area contributed by atoms with Crippen LogP contribution >= 0.6 is 0 Å². The Labute approximate surface area is 177 Å². The highest BCUT2D eigenvalue weighted by molar-refractivity contribution is 5.66. The summed E-state index contributed by atoms with van der Waals surface area (Å²) in [6, 6.07) is 18.1. The number of aliphatic carboxylic acids is 1. The van der Waals surface area contributed by atoms with Gasteiger partial charge in [0.25, 0.3) is 0 Å². The fourth-order valence-electron chi connectivity index (χ4n) is 3.43. The van der Waals surface area contributed by atoms with Gasteiger partial charge in [0.1, 0.15) is 23.8 Å². The number of hydrogen-bond acceptors (Lipinski definition) is 4. The van der Waals surface area contributed by atoms with Crippen LogP contribution in [-0.2, 0) is 17.8 Å². The van der Waals surface area contributed by atoms with E-state index in [1.54, 1.807) is 0 Å². The molecule has 0 unspecified atom stereocenters. The molecule has 0 saturated heterocycles. The summed E-state index contributed by atoms with van der Waals surface area (Å²) >= 11 is 0. The number of carboxylic acids is 1. The Morgan fingerprint density at radius 1 is 1.03 bits per heavy atom. The summed E-state index contributed by atoms with van der Waals surface area (Å²) in [5.74, 6) is 1.16. The quantitative estimate of drug-likeness (QED) is 0.381. The second-order valence-corrected chi connectivity index (χ2v) is 7.78. The van der Waals surface area contributed by atoms with E-state index in [9.17, 15) is 4.79 Å². The van der Waals surface area contributed by atoms with Crippen molar-refractivity contribution in [2.75, 3.05) is 0 Å². The third-order valence-corrected chi connectivity index (χ3v) is 5.05. The van der Waals surface area contributed by atoms with Crippen molar-refractivity contribution >= 4 is 5.97 Å². The SMILES string of the molecule is CC(C)c1onc(-c2ccccc2)c1COc1ccc(CCCCCC(=O)O)cc1. The van der Waals surface area contributed by atoms with E-state index in [4.69, 9.17) is 14.4 Å². The molecule has 0 amide bonds. The number of hydrogen-bond donors (Lipinski definition) is 1. The van der Waals surface area contributed by atoms with Crippen LogP contribution in [0.4, 0.5) is 0 Å². The van der Waals surface area contributed by atoms with Gasteiger partial charge in [-0.2, -0.15) is 0 Å². The van der Waals surface area contributed by atoms with Gasteiger partial charge >= 0.3 is 5.97 Å². The first kappa shape index (κ1) is 21.6. The standard InChI is InChI=1S/C25H29NO4/c1-18(2)25-22(24(26-30-25)20-10-6-4-7-11-20)17-29-21-15-13-19(14-16-21)9-5-3-8-12-23(27)28/h4,6-7,10-11,13-16,18H,3,5,8-9,12,17H2,1-2H3,(H,27,28). The maximum absolute atomic E-state index is 10.6. The lowest BCUT2D eigenvalue weighted by Crippen LogP contribution is -2.01. The van der Waals surface area contributed by atoms with Gasteiger partial charge in [0, 0.05) is 17.9 Å². The molecule has 0 radical (unpaired) electrons. The average molecular weight is 408 g/mol. The van der Waals surface area contributed by atoms with E-state index in [2.05, 4.69) is 31.1 Å². The molecule has 5 heteroatoms. The first-order valence-electron chi connectivity index (χ1n) is 10.5. The van der Waals surface area contributed by atoms with Crippen molar-refractivity contribution in [1.29, 1.82) is 0 Å². The van der Waals surface area contributed by atoms with E-state index in [0.717, 1.165) is 54.0 Å². The van der Waals surface area contributed by atoms with Crippen LogP contribution in [0.5, 0.6) is 5.75 Å². The van der Waals surface area contributed by atoms with Gasteiger partial charge in [-0.05, 0) is 37.0 Å². The molecule has 0 atom stereocenters. The number of rotatable bonds is 11. The molecule has 158 valence electrons. The summed E-state index contributed by atoms with van der Waals surface area (Å²) in [6.07, 6.45) is 3.85. The predicted octanol–water partition coefficient (Wildman–Crippen LogP) is 6.23. The lowest BCUT2D eigenvalue weighted by atomic mass is 10.0. The number of unbranched alkanes of at least 4 members (excludes halogenated alkanes) is 2. The topological polar surface area (TPSA) is 72.6 Å². The monoisotopic (exact) mass is 407 g/mol. The van der Waals surface area contributed by atoms with E-state index >= 15 is 0 Å². The zero-order valence-electron chi connectivity index (χ0n) is 17.6. The van der Waals surface area contributed by atoms with Gasteiger partial charge < -0.3 is 14.4 Å². The molecule has 0 bridgehead atoms. The summed E-state index contributed by atoms with van der Waals surface area (Å²) in [6.45, 7) is 4.57. The molecular formula is C25H29NO4. The van der Waals surface area contributed by atoms with Gasteiger partial charge in [-0.1, -0.05) is 67.9 Å². The minimum atomic E-state index is -0.722. The van der Waals surface area contributed by atoms with Crippen molar-refractivity contribution in [2.24, 2.45) is 0 Å². The van der Waals surface area contributed by atoms with Crippen LogP contribution in [0.2, 0.25) is 0 Å². The van der Waals surface area contributed by atoms with Crippen molar-refractivity contribution in [1.82, 2.24) is 5.16 Å². The zero-order chi connectivity index (χ0) is 21.3. The maximum atomic E-state index is 10.6. The van der Waals surface area contributed by atoms with E-state index < -0.39 is 5.97 Å². The Balaban J connectivity index is 1.60. The Kier molecular flexibility index (Phi) is 7.66. The van der Waals surface area contributed by atoms with Gasteiger partial charge in [-0.15, -0.1) is 0 Å². The number of nitrogens with zero attached hydrogens (tertiary/aromatic N) is 1. The maximum Gasteiger partial charge on any atom is 0.303 e. The van der Waals surface area contributed by atoms with Gasteiger partial charge in [-0.25, -0.2) is 0 Å². The molecule has 0 aliphatic heterocycles. The third-order valence-electron chi connectivity index (χ3n) is 5.05. The molecule has 0 saturated carbocycles. The molecule has 3 rings (SSSR count). The highest BCUT2D eigenvalue weighted by atomic mass is 16.5. The number of carbonyl (C=O) groups is 1. The lowest BCUT2D eigenvalue weighted by molar-refractivity contribution is -0.137. The van der Waals surface area contributed by atoms with Crippen LogP contribution in [0.1, 0.15) is 62.3 Å². The van der Waals surface area contributed by atoms with Gasteiger partial charge in [-0.3, -0.25) is 4.79 Å². The van der Waals surface area contributed by atoms with Crippen LogP contribution in [-0.4, -0.2) is 16.2 Å². The first-order valence-corrected chi connectivity index (χ1v) is 10.5. The number of ether oxygens (including phenoxy) is 1. The molecule has 5 nitrogen and oxygen atoms in total. The molecule has 1 aromatic heterocycles. The molecule has 0 spiro atoms. The van der Waals surface area contributed by atoms with Gasteiger partial charge in [0.05, 0.1) is 5.56 Å². The van der Waals surface area contributed by atoms with Crippen molar-refractivity contribution in [3.63, 3.8) is 0 Å². The normalized spacial score (nSPS) is 11.0. The molecule has 3 aromatic rings. The minimum Gasteiger partial charge on any atom is -0.489 e. The Bertz CT molecular complexity index is 930. The summed E-state index contributed by atoms with van der Waals surface area (Å²) in [7, 11) is 0. The Hall–Kier alpha value is -3.08. The van der Waals surface area contributed by atoms with Gasteiger partial charge in [0.15, 0.2) is 0 Å². The van der Waals surface area contributed by atoms with Gasteiger partial charge in [0.2, 0.25) is 0 Å². The van der Waals surface area contributed by atoms with Crippen molar-refractivity contribution in [3.05, 3.63) is 71.5 Å². The van der Waals surface area contributed by atoms with Crippen LogP contribution in [0.25, 0.3) is 11.3 Å². The summed E-state index contributed by atoms with van der Waals surface area (Å²) < 4.78 is 11.7. The molecule has 0 fully saturated rings. The molecule has 0 aliphatic carbocycles. The van der Waals surface area contributed by atoms with E-state index in [1.165, 1.54) is 5.56 Å². The summed E-state index contributed by atoms with van der Waals surface area (Å²) in [4.78, 5) is 10.6. The van der Waals surface area contributed by atoms with E-state index in [0.29, 0.717) is 6.61 Å². The molecule has 2 aromatic carbocycles. The Morgan fingerprint density at radius 2 is 1.77 bits per heavy atom. The number of benzene rings is 2. The fraction of sp³-hybridized carbons (Fsp3) is 0.360.